The number of amides is 1. The highest BCUT2D eigenvalue weighted by Gasteiger charge is 2.62. The summed E-state index contributed by atoms with van der Waals surface area (Å²) in [5.41, 5.74) is -0.188. The van der Waals surface area contributed by atoms with E-state index in [1.165, 1.54) is 4.90 Å². The Kier molecular flexibility index (Phi) is 3.43. The van der Waals surface area contributed by atoms with Crippen LogP contribution in [-0.4, -0.2) is 36.6 Å². The number of fused-ring (bicyclic) bond motifs is 1. The van der Waals surface area contributed by atoms with Crippen LogP contribution in [0, 0.1) is 5.41 Å². The van der Waals surface area contributed by atoms with Gasteiger partial charge in [0.1, 0.15) is 0 Å². The van der Waals surface area contributed by atoms with E-state index in [2.05, 4.69) is 5.32 Å². The minimum absolute atomic E-state index is 0.173. The average Bonchev–Trinajstić information content (AvgIpc) is 2.96. The predicted octanol–water partition coefficient (Wildman–Crippen LogP) is 2.11. The summed E-state index contributed by atoms with van der Waals surface area (Å²) in [6.07, 6.45) is -4.07. The van der Waals surface area contributed by atoms with Crippen molar-refractivity contribution in [1.29, 1.82) is 0 Å². The van der Waals surface area contributed by atoms with Crippen LogP contribution in [0.5, 0.6) is 0 Å². The minimum Gasteiger partial charge on any atom is -0.337 e. The van der Waals surface area contributed by atoms with E-state index in [9.17, 15) is 18.0 Å². The first kappa shape index (κ1) is 14.4. The molecule has 114 valence electrons. The molecule has 1 amide bonds. The predicted molar refractivity (Wildman–Crippen MR) is 71.5 cm³/mol. The van der Waals surface area contributed by atoms with Gasteiger partial charge in [-0.15, -0.1) is 0 Å². The molecule has 3 nitrogen and oxygen atoms in total. The van der Waals surface area contributed by atoms with Crippen LogP contribution in [0.15, 0.2) is 24.3 Å². The lowest BCUT2D eigenvalue weighted by molar-refractivity contribution is -0.222. The quantitative estimate of drug-likeness (QED) is 0.861. The van der Waals surface area contributed by atoms with Crippen molar-refractivity contribution >= 4 is 5.91 Å². The Bertz CT molecular complexity index is 550. The molecule has 1 aromatic rings. The van der Waals surface area contributed by atoms with Crippen LogP contribution in [0.2, 0.25) is 0 Å². The second-order valence-corrected chi connectivity index (χ2v) is 5.75. The number of carbonyl (C=O) groups is 1. The average molecular weight is 298 g/mol. The Morgan fingerprint density at radius 2 is 1.95 bits per heavy atom. The summed E-state index contributed by atoms with van der Waals surface area (Å²) < 4.78 is 40.3. The molecular formula is C15H17F3N2O. The molecule has 0 bridgehead atoms. The Morgan fingerprint density at radius 1 is 1.24 bits per heavy atom. The van der Waals surface area contributed by atoms with Crippen LogP contribution in [-0.2, 0) is 17.8 Å². The largest absolute Gasteiger partial charge is 0.404 e. The van der Waals surface area contributed by atoms with Crippen molar-refractivity contribution in [2.24, 2.45) is 5.41 Å². The van der Waals surface area contributed by atoms with Gasteiger partial charge in [-0.1, -0.05) is 24.3 Å². The Labute approximate surface area is 121 Å². The van der Waals surface area contributed by atoms with Crippen LogP contribution < -0.4 is 5.32 Å². The monoisotopic (exact) mass is 298 g/mol. The lowest BCUT2D eigenvalue weighted by Gasteiger charge is -2.37. The first-order valence-corrected chi connectivity index (χ1v) is 7.08. The van der Waals surface area contributed by atoms with E-state index < -0.39 is 17.5 Å². The number of halogens is 3. The van der Waals surface area contributed by atoms with Crippen molar-refractivity contribution < 1.29 is 18.0 Å². The number of nitrogens with zero attached hydrogens (tertiary/aromatic N) is 1. The normalized spacial score (nSPS) is 25.8. The van der Waals surface area contributed by atoms with Crippen LogP contribution in [0.4, 0.5) is 13.2 Å². The van der Waals surface area contributed by atoms with Gasteiger partial charge in [0.2, 0.25) is 5.91 Å². The van der Waals surface area contributed by atoms with E-state index in [0.29, 0.717) is 13.0 Å². The molecular weight excluding hydrogens is 281 g/mol. The van der Waals surface area contributed by atoms with Crippen LogP contribution in [0.1, 0.15) is 17.5 Å². The van der Waals surface area contributed by atoms with Gasteiger partial charge in [0.25, 0.3) is 0 Å². The van der Waals surface area contributed by atoms with Gasteiger partial charge in [0.05, 0.1) is 0 Å². The minimum atomic E-state index is -4.51. The second-order valence-electron chi connectivity index (χ2n) is 5.75. The molecule has 1 atom stereocenters. The number of nitrogens with one attached hydrogen (secondary N) is 1. The fourth-order valence-electron chi connectivity index (χ4n) is 3.21. The molecule has 2 aliphatic rings. The standard InChI is InChI=1S/C15H17F3N2O/c16-15(17,18)14(6-7-19-10-14)13(21)20-8-5-11-3-1-2-4-12(11)9-20/h1-4,19H,5-10H2. The lowest BCUT2D eigenvalue weighted by atomic mass is 9.83. The highest BCUT2D eigenvalue weighted by Crippen LogP contribution is 2.45. The first-order valence-electron chi connectivity index (χ1n) is 7.08. The Morgan fingerprint density at radius 3 is 2.57 bits per heavy atom. The third kappa shape index (κ3) is 2.31. The fraction of sp³-hybridized carbons (Fsp3) is 0.533. The van der Waals surface area contributed by atoms with Crippen molar-refractivity contribution in [2.45, 2.75) is 25.6 Å². The summed E-state index contributed by atoms with van der Waals surface area (Å²) in [6.45, 7) is 0.545. The zero-order valence-electron chi connectivity index (χ0n) is 11.5. The molecule has 1 saturated heterocycles. The van der Waals surface area contributed by atoms with Crippen molar-refractivity contribution in [3.8, 4) is 0 Å². The molecule has 0 spiro atoms. The third-order valence-electron chi connectivity index (χ3n) is 4.53. The van der Waals surface area contributed by atoms with Gasteiger partial charge in [-0.2, -0.15) is 13.2 Å². The van der Waals surface area contributed by atoms with E-state index in [1.807, 2.05) is 24.3 Å². The maximum Gasteiger partial charge on any atom is 0.404 e. The second kappa shape index (κ2) is 5.02. The molecule has 0 aliphatic carbocycles. The molecule has 1 unspecified atom stereocenters. The fourth-order valence-corrected chi connectivity index (χ4v) is 3.21. The summed E-state index contributed by atoms with van der Waals surface area (Å²) in [7, 11) is 0. The molecule has 0 radical (unpaired) electrons. The maximum absolute atomic E-state index is 13.4. The SMILES string of the molecule is O=C(N1CCc2ccccc2C1)C1(C(F)(F)F)CCNC1. The highest BCUT2D eigenvalue weighted by molar-refractivity contribution is 5.84. The van der Waals surface area contributed by atoms with Gasteiger partial charge in [-0.3, -0.25) is 4.79 Å². The van der Waals surface area contributed by atoms with Gasteiger partial charge < -0.3 is 10.2 Å². The molecule has 3 rings (SSSR count). The smallest absolute Gasteiger partial charge is 0.337 e. The summed E-state index contributed by atoms with van der Waals surface area (Å²) in [5, 5.41) is 2.69. The summed E-state index contributed by atoms with van der Waals surface area (Å²) in [4.78, 5) is 13.9. The molecule has 2 aliphatic heterocycles. The summed E-state index contributed by atoms with van der Waals surface area (Å²) in [6, 6.07) is 7.60. The third-order valence-corrected chi connectivity index (χ3v) is 4.53. The van der Waals surface area contributed by atoms with Crippen LogP contribution in [0.25, 0.3) is 0 Å². The number of carbonyl (C=O) groups excluding carboxylic acids is 1. The zero-order valence-corrected chi connectivity index (χ0v) is 11.5. The molecule has 1 N–H and O–H groups in total. The van der Waals surface area contributed by atoms with Crippen LogP contribution >= 0.6 is 0 Å². The lowest BCUT2D eigenvalue weighted by Crippen LogP contribution is -2.54. The van der Waals surface area contributed by atoms with Crippen molar-refractivity contribution in [3.63, 3.8) is 0 Å². The summed E-state index contributed by atoms with van der Waals surface area (Å²) in [5.74, 6) is -0.783. The number of rotatable bonds is 1. The van der Waals surface area contributed by atoms with Gasteiger partial charge in [-0.05, 0) is 30.5 Å². The molecule has 2 heterocycles. The van der Waals surface area contributed by atoms with E-state index in [1.54, 1.807) is 0 Å². The van der Waals surface area contributed by atoms with E-state index >= 15 is 0 Å². The molecule has 0 aromatic heterocycles. The Hall–Kier alpha value is -1.56. The van der Waals surface area contributed by atoms with E-state index in [-0.39, 0.29) is 26.1 Å². The van der Waals surface area contributed by atoms with E-state index in [0.717, 1.165) is 11.1 Å². The summed E-state index contributed by atoms with van der Waals surface area (Å²) >= 11 is 0. The topological polar surface area (TPSA) is 32.3 Å². The highest BCUT2D eigenvalue weighted by atomic mass is 19.4. The maximum atomic E-state index is 13.4. The van der Waals surface area contributed by atoms with E-state index in [4.69, 9.17) is 0 Å². The first-order chi connectivity index (χ1) is 9.94. The van der Waals surface area contributed by atoms with Crippen molar-refractivity contribution in [2.75, 3.05) is 19.6 Å². The number of hydrogen-bond acceptors (Lipinski definition) is 2. The van der Waals surface area contributed by atoms with Gasteiger partial charge in [-0.25, -0.2) is 0 Å². The van der Waals surface area contributed by atoms with Crippen LogP contribution in [0.3, 0.4) is 0 Å². The van der Waals surface area contributed by atoms with Gasteiger partial charge in [0.15, 0.2) is 5.41 Å². The van der Waals surface area contributed by atoms with Gasteiger partial charge in [0, 0.05) is 19.6 Å². The molecule has 0 saturated carbocycles. The van der Waals surface area contributed by atoms with Crippen molar-refractivity contribution in [3.05, 3.63) is 35.4 Å². The number of benzene rings is 1. The zero-order chi connectivity index (χ0) is 15.1. The van der Waals surface area contributed by atoms with Gasteiger partial charge >= 0.3 is 6.18 Å². The Balaban J connectivity index is 1.86. The molecule has 6 heteroatoms. The molecule has 1 aromatic carbocycles. The number of alkyl halides is 3. The molecule has 21 heavy (non-hydrogen) atoms. The van der Waals surface area contributed by atoms with Crippen molar-refractivity contribution in [1.82, 2.24) is 10.2 Å². The molecule has 1 fully saturated rings. The number of hydrogen-bond donors (Lipinski definition) is 1.